The summed E-state index contributed by atoms with van der Waals surface area (Å²) in [5.41, 5.74) is 1.54. The second-order valence-corrected chi connectivity index (χ2v) is 9.62. The van der Waals surface area contributed by atoms with Crippen LogP contribution in [0.25, 0.3) is 22.0 Å². The molecule has 1 saturated heterocycles. The molecule has 0 bridgehead atoms. The molecule has 32 heavy (non-hydrogen) atoms. The Balaban J connectivity index is 1.62. The zero-order chi connectivity index (χ0) is 22.9. The third-order valence-electron chi connectivity index (χ3n) is 5.69. The van der Waals surface area contributed by atoms with Gasteiger partial charge in [0.05, 0.1) is 19.4 Å². The van der Waals surface area contributed by atoms with E-state index in [-0.39, 0.29) is 17.2 Å². The number of nitrogens with zero attached hydrogens (tertiary/aromatic N) is 3. The van der Waals surface area contributed by atoms with Crippen molar-refractivity contribution in [3.63, 3.8) is 0 Å². The number of benzene rings is 1. The Morgan fingerprint density at radius 3 is 2.41 bits per heavy atom. The molecule has 0 radical (unpaired) electrons. The van der Waals surface area contributed by atoms with Gasteiger partial charge in [0.15, 0.2) is 0 Å². The van der Waals surface area contributed by atoms with Gasteiger partial charge in [-0.15, -0.1) is 10.2 Å². The van der Waals surface area contributed by atoms with E-state index in [1.54, 1.807) is 13.3 Å². The van der Waals surface area contributed by atoms with Crippen molar-refractivity contribution in [2.24, 2.45) is 0 Å². The number of hydrogen-bond acceptors (Lipinski definition) is 7. The lowest BCUT2D eigenvalue weighted by Crippen LogP contribution is -2.60. The summed E-state index contributed by atoms with van der Waals surface area (Å²) in [6, 6.07) is 9.70. The van der Waals surface area contributed by atoms with Crippen molar-refractivity contribution in [2.75, 3.05) is 13.7 Å². The normalized spacial score (nSPS) is 17.8. The van der Waals surface area contributed by atoms with E-state index in [1.807, 2.05) is 37.3 Å². The maximum atomic E-state index is 6.22. The molecule has 1 aliphatic rings. The fraction of sp³-hybridized carbons (Fsp3) is 0.480. The van der Waals surface area contributed by atoms with Crippen molar-refractivity contribution in [3.05, 3.63) is 36.5 Å². The second-order valence-electron chi connectivity index (χ2n) is 9.62. The van der Waals surface area contributed by atoms with E-state index in [0.717, 1.165) is 34.9 Å². The van der Waals surface area contributed by atoms with E-state index in [1.165, 1.54) is 0 Å². The molecule has 0 saturated carbocycles. The van der Waals surface area contributed by atoms with Crippen LogP contribution in [0, 0.1) is 0 Å². The van der Waals surface area contributed by atoms with Gasteiger partial charge in [-0.1, -0.05) is 0 Å². The molecule has 0 unspecified atom stereocenters. The Hall–Kier alpha value is -2.93. The molecular formula is C25H32N4O3. The van der Waals surface area contributed by atoms with Gasteiger partial charge in [0.1, 0.15) is 11.9 Å². The van der Waals surface area contributed by atoms with Crippen molar-refractivity contribution in [1.82, 2.24) is 20.5 Å². The first kappa shape index (κ1) is 22.3. The van der Waals surface area contributed by atoms with Gasteiger partial charge in [0.2, 0.25) is 11.8 Å². The number of piperidine rings is 1. The average Bonchev–Trinajstić information content (AvgIpc) is 2.71. The van der Waals surface area contributed by atoms with Crippen LogP contribution in [0.1, 0.15) is 47.5 Å². The number of aromatic nitrogens is 3. The molecule has 3 heterocycles. The Morgan fingerprint density at radius 2 is 1.78 bits per heavy atom. The predicted molar refractivity (Wildman–Crippen MR) is 125 cm³/mol. The molecule has 3 aromatic rings. The summed E-state index contributed by atoms with van der Waals surface area (Å²) in [6.45, 7) is 11.3. The maximum Gasteiger partial charge on any atom is 0.233 e. The highest BCUT2D eigenvalue weighted by Gasteiger charge is 2.38. The molecule has 7 nitrogen and oxygen atoms in total. The molecule has 1 N–H and O–H groups in total. The van der Waals surface area contributed by atoms with Crippen LogP contribution in [-0.4, -0.2) is 46.1 Å². The van der Waals surface area contributed by atoms with Gasteiger partial charge in [0.25, 0.3) is 0 Å². The van der Waals surface area contributed by atoms with Gasteiger partial charge in [-0.25, -0.2) is 4.98 Å². The largest absolute Gasteiger partial charge is 0.496 e. The fourth-order valence-corrected chi connectivity index (χ4v) is 4.80. The first-order chi connectivity index (χ1) is 15.2. The number of pyridine rings is 1. The van der Waals surface area contributed by atoms with Gasteiger partial charge >= 0.3 is 0 Å². The number of methoxy groups -OCH3 is 1. The summed E-state index contributed by atoms with van der Waals surface area (Å²) < 4.78 is 17.6. The molecule has 1 aliphatic heterocycles. The maximum absolute atomic E-state index is 6.22. The lowest BCUT2D eigenvalue weighted by atomic mass is 9.81. The molecule has 0 amide bonds. The molecule has 7 heteroatoms. The van der Waals surface area contributed by atoms with E-state index in [9.17, 15) is 0 Å². The lowest BCUT2D eigenvalue weighted by molar-refractivity contribution is 0.0524. The predicted octanol–water partition coefficient (Wildman–Crippen LogP) is 4.79. The summed E-state index contributed by atoms with van der Waals surface area (Å²) in [5, 5.41) is 14.4. The summed E-state index contributed by atoms with van der Waals surface area (Å²) in [4.78, 5) is 4.37. The number of ether oxygens (including phenoxy) is 3. The SMILES string of the molecule is CCOc1nccc2cc(OC)c(-c3ccc(OC4CC(C)(C)NC(C)(C)C4)nn3)cc12. The van der Waals surface area contributed by atoms with Crippen LogP contribution < -0.4 is 19.5 Å². The molecule has 0 atom stereocenters. The molecule has 170 valence electrons. The van der Waals surface area contributed by atoms with Crippen LogP contribution in [-0.2, 0) is 0 Å². The fourth-order valence-electron chi connectivity index (χ4n) is 4.80. The minimum absolute atomic E-state index is 0.00451. The minimum Gasteiger partial charge on any atom is -0.496 e. The monoisotopic (exact) mass is 436 g/mol. The summed E-state index contributed by atoms with van der Waals surface area (Å²) >= 11 is 0. The average molecular weight is 437 g/mol. The lowest BCUT2D eigenvalue weighted by Gasteiger charge is -2.46. The van der Waals surface area contributed by atoms with Crippen LogP contribution in [0.3, 0.4) is 0 Å². The van der Waals surface area contributed by atoms with Gasteiger partial charge in [-0.3, -0.25) is 0 Å². The van der Waals surface area contributed by atoms with Crippen LogP contribution in [0.5, 0.6) is 17.5 Å². The van der Waals surface area contributed by atoms with Crippen molar-refractivity contribution in [1.29, 1.82) is 0 Å². The molecule has 1 aromatic carbocycles. The number of hydrogen-bond donors (Lipinski definition) is 1. The van der Waals surface area contributed by atoms with Gasteiger partial charge in [0, 0.05) is 47.1 Å². The van der Waals surface area contributed by atoms with E-state index in [0.29, 0.717) is 24.1 Å². The van der Waals surface area contributed by atoms with Gasteiger partial charge in [-0.05, 0) is 64.3 Å². The Labute approximate surface area is 189 Å². The van der Waals surface area contributed by atoms with E-state index < -0.39 is 0 Å². The number of nitrogens with one attached hydrogen (secondary N) is 1. The van der Waals surface area contributed by atoms with Gasteiger partial charge < -0.3 is 19.5 Å². The first-order valence-corrected chi connectivity index (χ1v) is 11.1. The van der Waals surface area contributed by atoms with E-state index in [2.05, 4.69) is 48.2 Å². The number of rotatable bonds is 6. The minimum atomic E-state index is 0.00451. The van der Waals surface area contributed by atoms with Crippen molar-refractivity contribution >= 4 is 10.8 Å². The third-order valence-corrected chi connectivity index (χ3v) is 5.69. The highest BCUT2D eigenvalue weighted by molar-refractivity contribution is 5.93. The molecule has 0 aliphatic carbocycles. The van der Waals surface area contributed by atoms with Crippen LogP contribution >= 0.6 is 0 Å². The van der Waals surface area contributed by atoms with E-state index >= 15 is 0 Å². The zero-order valence-electron chi connectivity index (χ0n) is 19.7. The first-order valence-electron chi connectivity index (χ1n) is 11.1. The highest BCUT2D eigenvalue weighted by atomic mass is 16.5. The van der Waals surface area contributed by atoms with Crippen molar-refractivity contribution in [2.45, 2.75) is 64.6 Å². The highest BCUT2D eigenvalue weighted by Crippen LogP contribution is 2.36. The van der Waals surface area contributed by atoms with E-state index in [4.69, 9.17) is 14.2 Å². The Kier molecular flexibility index (Phi) is 5.95. The van der Waals surface area contributed by atoms with Gasteiger partial charge in [-0.2, -0.15) is 0 Å². The smallest absolute Gasteiger partial charge is 0.233 e. The van der Waals surface area contributed by atoms with Crippen molar-refractivity contribution in [3.8, 4) is 28.8 Å². The van der Waals surface area contributed by atoms with Crippen LogP contribution in [0.15, 0.2) is 36.5 Å². The number of fused-ring (bicyclic) bond motifs is 1. The second kappa shape index (κ2) is 8.54. The Bertz CT molecular complexity index is 1080. The topological polar surface area (TPSA) is 78.4 Å². The molecular weight excluding hydrogens is 404 g/mol. The summed E-state index contributed by atoms with van der Waals surface area (Å²) in [5.74, 6) is 1.85. The molecule has 4 rings (SSSR count). The molecule has 2 aromatic heterocycles. The summed E-state index contributed by atoms with van der Waals surface area (Å²) in [7, 11) is 1.65. The zero-order valence-corrected chi connectivity index (χ0v) is 19.7. The molecule has 1 fully saturated rings. The Morgan fingerprint density at radius 1 is 1.03 bits per heavy atom. The quantitative estimate of drug-likeness (QED) is 0.595. The van der Waals surface area contributed by atoms with Crippen LogP contribution in [0.2, 0.25) is 0 Å². The van der Waals surface area contributed by atoms with Crippen LogP contribution in [0.4, 0.5) is 0 Å². The molecule has 0 spiro atoms. The summed E-state index contributed by atoms with van der Waals surface area (Å²) in [6.07, 6.45) is 3.63. The van der Waals surface area contributed by atoms with Crippen molar-refractivity contribution < 1.29 is 14.2 Å². The standard InChI is InChI=1S/C25H32N4O3/c1-7-31-23-18-13-19(21(30-6)12-16(18)10-11-26-23)20-8-9-22(28-27-20)32-17-14-24(2,3)29-25(4,5)15-17/h8-13,17,29H,7,14-15H2,1-6H3. The third kappa shape index (κ3) is 4.78.